The van der Waals surface area contributed by atoms with Crippen molar-refractivity contribution in [1.82, 2.24) is 0 Å². The van der Waals surface area contributed by atoms with Crippen LogP contribution >= 0.6 is 0 Å². The number of nitrogens with zero attached hydrogens (tertiary/aromatic N) is 1. The topological polar surface area (TPSA) is 96.2 Å². The lowest BCUT2D eigenvalue weighted by atomic mass is 9.47. The highest BCUT2D eigenvalue weighted by atomic mass is 16.6. The standard InChI is InChI=1S/C21H29NO5/c1-20-7-5-13(23)9-12(20)10-16(22-27-11-18(25)26)19-14-3-4-17(24)21(14,2)8-6-15(19)20/h10,13-15,19,23H,3-9,11H2,1-2H3,(H,25,26)/b22-16-/t13-,14?,15?,19?,20-,21-/m0/s1. The first-order chi connectivity index (χ1) is 12.8. The highest BCUT2D eigenvalue weighted by Gasteiger charge is 2.60. The Balaban J connectivity index is 1.76. The number of carbonyl (C=O) groups excluding carboxylic acids is 1. The fourth-order valence-corrected chi connectivity index (χ4v) is 6.43. The van der Waals surface area contributed by atoms with E-state index in [1.165, 1.54) is 5.57 Å². The van der Waals surface area contributed by atoms with Crippen molar-refractivity contribution >= 4 is 17.5 Å². The predicted octanol–water partition coefficient (Wildman–Crippen LogP) is 2.95. The number of aliphatic hydroxyl groups excluding tert-OH is 1. The summed E-state index contributed by atoms with van der Waals surface area (Å²) in [6.45, 7) is 3.94. The fraction of sp³-hybridized carbons (Fsp3) is 0.762. The first-order valence-electron chi connectivity index (χ1n) is 10.1. The third kappa shape index (κ3) is 2.84. The molecule has 0 aliphatic heterocycles. The number of ketones is 1. The Morgan fingerprint density at radius 1 is 1.22 bits per heavy atom. The number of allylic oxidation sites excluding steroid dienone is 1. The van der Waals surface area contributed by atoms with Crippen molar-refractivity contribution in [3.63, 3.8) is 0 Å². The van der Waals surface area contributed by atoms with Crippen LogP contribution in [0.5, 0.6) is 0 Å². The molecule has 0 heterocycles. The Hall–Kier alpha value is -1.69. The molecular formula is C21H29NO5. The normalized spacial score (nSPS) is 44.9. The summed E-state index contributed by atoms with van der Waals surface area (Å²) in [6, 6.07) is 0. The van der Waals surface area contributed by atoms with Gasteiger partial charge in [0, 0.05) is 17.8 Å². The molecule has 0 spiro atoms. The van der Waals surface area contributed by atoms with Crippen molar-refractivity contribution in [3.05, 3.63) is 11.6 Å². The van der Waals surface area contributed by atoms with Gasteiger partial charge in [0.05, 0.1) is 11.8 Å². The smallest absolute Gasteiger partial charge is 0.344 e. The molecule has 0 saturated heterocycles. The first kappa shape index (κ1) is 18.7. The van der Waals surface area contributed by atoms with Gasteiger partial charge in [-0.2, -0.15) is 0 Å². The van der Waals surface area contributed by atoms with E-state index in [1.807, 2.05) is 6.08 Å². The molecule has 4 rings (SSSR count). The molecule has 3 unspecified atom stereocenters. The summed E-state index contributed by atoms with van der Waals surface area (Å²) < 4.78 is 0. The molecule has 27 heavy (non-hydrogen) atoms. The second-order valence-corrected chi connectivity index (χ2v) is 9.32. The molecule has 3 saturated carbocycles. The number of rotatable bonds is 3. The SMILES string of the molecule is C[C@]12CC[C@H](O)CC1=C/C(=N/OCC(=O)O)C1C2CC[C@]2(C)C(=O)CCC12. The summed E-state index contributed by atoms with van der Waals surface area (Å²) in [5.41, 5.74) is 1.69. The maximum absolute atomic E-state index is 12.6. The monoisotopic (exact) mass is 375 g/mol. The maximum Gasteiger partial charge on any atom is 0.344 e. The van der Waals surface area contributed by atoms with Gasteiger partial charge in [-0.15, -0.1) is 0 Å². The summed E-state index contributed by atoms with van der Waals surface area (Å²) in [5, 5.41) is 23.3. The molecular weight excluding hydrogens is 346 g/mol. The van der Waals surface area contributed by atoms with Gasteiger partial charge in [-0.25, -0.2) is 4.79 Å². The van der Waals surface area contributed by atoms with E-state index in [0.29, 0.717) is 24.5 Å². The van der Waals surface area contributed by atoms with Gasteiger partial charge in [-0.05, 0) is 61.9 Å². The van der Waals surface area contributed by atoms with Crippen molar-refractivity contribution in [3.8, 4) is 0 Å². The molecule has 0 aromatic heterocycles. The Morgan fingerprint density at radius 2 is 1.93 bits per heavy atom. The van der Waals surface area contributed by atoms with E-state index < -0.39 is 12.6 Å². The second-order valence-electron chi connectivity index (χ2n) is 9.32. The molecule has 148 valence electrons. The molecule has 6 nitrogen and oxygen atoms in total. The summed E-state index contributed by atoms with van der Waals surface area (Å²) in [6.07, 6.45) is 7.47. The van der Waals surface area contributed by atoms with Gasteiger partial charge in [0.25, 0.3) is 0 Å². The molecule has 6 heteroatoms. The van der Waals surface area contributed by atoms with E-state index >= 15 is 0 Å². The number of oxime groups is 1. The van der Waals surface area contributed by atoms with Crippen LogP contribution in [-0.4, -0.2) is 40.4 Å². The quantitative estimate of drug-likeness (QED) is 0.740. The molecule has 6 atom stereocenters. The Bertz CT molecular complexity index is 728. The van der Waals surface area contributed by atoms with Crippen LogP contribution in [-0.2, 0) is 14.4 Å². The van der Waals surface area contributed by atoms with Crippen molar-refractivity contribution in [2.24, 2.45) is 33.7 Å². The third-order valence-electron chi connectivity index (χ3n) is 8.01. The molecule has 4 aliphatic carbocycles. The van der Waals surface area contributed by atoms with E-state index in [9.17, 15) is 14.7 Å². The van der Waals surface area contributed by atoms with Crippen LogP contribution in [0.1, 0.15) is 58.8 Å². The van der Waals surface area contributed by atoms with Gasteiger partial charge in [0.2, 0.25) is 6.61 Å². The zero-order chi connectivity index (χ0) is 19.4. The van der Waals surface area contributed by atoms with Gasteiger partial charge in [-0.1, -0.05) is 24.6 Å². The van der Waals surface area contributed by atoms with Crippen LogP contribution in [0.4, 0.5) is 0 Å². The Morgan fingerprint density at radius 3 is 2.67 bits per heavy atom. The van der Waals surface area contributed by atoms with Crippen molar-refractivity contribution < 1.29 is 24.6 Å². The van der Waals surface area contributed by atoms with Gasteiger partial charge < -0.3 is 15.1 Å². The average Bonchev–Trinajstić information content (AvgIpc) is 2.91. The Kier molecular flexibility index (Phi) is 4.45. The summed E-state index contributed by atoms with van der Waals surface area (Å²) in [4.78, 5) is 28.6. The minimum atomic E-state index is -1.05. The van der Waals surface area contributed by atoms with Crippen LogP contribution in [0.2, 0.25) is 0 Å². The lowest BCUT2D eigenvalue weighted by Gasteiger charge is -2.56. The van der Waals surface area contributed by atoms with Crippen LogP contribution in [0.25, 0.3) is 0 Å². The van der Waals surface area contributed by atoms with Crippen molar-refractivity contribution in [2.75, 3.05) is 6.61 Å². The van der Waals surface area contributed by atoms with Crippen molar-refractivity contribution in [2.45, 2.75) is 64.9 Å². The first-order valence-corrected chi connectivity index (χ1v) is 10.1. The summed E-state index contributed by atoms with van der Waals surface area (Å²) in [7, 11) is 0. The number of carboxylic acid groups (broad SMARTS) is 1. The molecule has 4 aliphatic rings. The zero-order valence-corrected chi connectivity index (χ0v) is 16.1. The van der Waals surface area contributed by atoms with Crippen LogP contribution in [0.3, 0.4) is 0 Å². The molecule has 2 N–H and O–H groups in total. The van der Waals surface area contributed by atoms with E-state index in [0.717, 1.165) is 37.8 Å². The number of carbonyl (C=O) groups is 2. The van der Waals surface area contributed by atoms with Crippen LogP contribution in [0.15, 0.2) is 16.8 Å². The number of hydrogen-bond donors (Lipinski definition) is 2. The molecule has 3 fully saturated rings. The van der Waals surface area contributed by atoms with Crippen molar-refractivity contribution in [1.29, 1.82) is 0 Å². The number of carboxylic acids is 1. The van der Waals surface area contributed by atoms with Crippen LogP contribution < -0.4 is 0 Å². The molecule has 0 aromatic carbocycles. The lowest BCUT2D eigenvalue weighted by molar-refractivity contribution is -0.142. The predicted molar refractivity (Wildman–Crippen MR) is 99.1 cm³/mol. The van der Waals surface area contributed by atoms with Gasteiger partial charge in [0.15, 0.2) is 0 Å². The highest BCUT2D eigenvalue weighted by Crippen LogP contribution is 2.63. The molecule has 0 radical (unpaired) electrons. The van der Waals surface area contributed by atoms with E-state index in [4.69, 9.17) is 9.94 Å². The average molecular weight is 375 g/mol. The molecule has 0 aromatic rings. The molecule has 0 bridgehead atoms. The highest BCUT2D eigenvalue weighted by molar-refractivity contribution is 6.00. The number of hydrogen-bond acceptors (Lipinski definition) is 5. The maximum atomic E-state index is 12.6. The van der Waals surface area contributed by atoms with E-state index in [1.54, 1.807) is 0 Å². The number of Topliss-reactive ketones (excluding diaryl/α,β-unsaturated/α-hetero) is 1. The minimum absolute atomic E-state index is 0.0165. The Labute approximate surface area is 159 Å². The second kappa shape index (κ2) is 6.43. The zero-order valence-electron chi connectivity index (χ0n) is 16.1. The summed E-state index contributed by atoms with van der Waals surface area (Å²) in [5.74, 6) is 0.0177. The summed E-state index contributed by atoms with van der Waals surface area (Å²) >= 11 is 0. The van der Waals surface area contributed by atoms with Crippen LogP contribution in [0, 0.1) is 28.6 Å². The minimum Gasteiger partial charge on any atom is -0.479 e. The number of fused-ring (bicyclic) bond motifs is 5. The van der Waals surface area contributed by atoms with Gasteiger partial charge in [-0.3, -0.25) is 4.79 Å². The third-order valence-corrected chi connectivity index (χ3v) is 8.01. The fourth-order valence-electron chi connectivity index (χ4n) is 6.43. The van der Waals surface area contributed by atoms with E-state index in [-0.39, 0.29) is 28.8 Å². The van der Waals surface area contributed by atoms with E-state index in [2.05, 4.69) is 19.0 Å². The largest absolute Gasteiger partial charge is 0.479 e. The number of aliphatic hydroxyl groups is 1. The molecule has 0 amide bonds. The lowest BCUT2D eigenvalue weighted by Crippen LogP contribution is -2.53. The van der Waals surface area contributed by atoms with Gasteiger partial charge >= 0.3 is 5.97 Å². The number of aliphatic carboxylic acids is 1. The van der Waals surface area contributed by atoms with Gasteiger partial charge in [0.1, 0.15) is 5.78 Å².